The largest absolute Gasteiger partial charge is 0.378 e. The number of nitrogens with one attached hydrogen (secondary N) is 2. The van der Waals surface area contributed by atoms with Gasteiger partial charge in [0.25, 0.3) is 0 Å². The summed E-state index contributed by atoms with van der Waals surface area (Å²) in [5.41, 5.74) is 3.77. The highest BCUT2D eigenvalue weighted by Gasteiger charge is 2.35. The summed E-state index contributed by atoms with van der Waals surface area (Å²) in [4.78, 5) is 26.5. The molecule has 0 spiro atoms. The molecule has 2 amide bonds. The number of aryl methyl sites for hydroxylation is 1. The number of urea groups is 1. The van der Waals surface area contributed by atoms with Crippen LogP contribution in [0, 0.1) is 0 Å². The lowest BCUT2D eigenvalue weighted by Gasteiger charge is -2.33. The van der Waals surface area contributed by atoms with Crippen LogP contribution in [0.5, 0.6) is 0 Å². The molecule has 202 valence electrons. The molecule has 6 rings (SSSR count). The van der Waals surface area contributed by atoms with Crippen LogP contribution in [0.15, 0.2) is 54.7 Å². The summed E-state index contributed by atoms with van der Waals surface area (Å²) in [7, 11) is 3.93. The molecule has 2 aliphatic rings. The predicted molar refractivity (Wildman–Crippen MR) is 150 cm³/mol. The number of carbonyl (C=O) groups excluding carboxylic acids is 1. The van der Waals surface area contributed by atoms with Crippen molar-refractivity contribution in [1.82, 2.24) is 19.7 Å². The fraction of sp³-hybridized carbons (Fsp3) is 0.357. The van der Waals surface area contributed by atoms with Gasteiger partial charge < -0.3 is 25.2 Å². The maximum Gasteiger partial charge on any atom is 0.323 e. The van der Waals surface area contributed by atoms with Gasteiger partial charge in [-0.3, -0.25) is 0 Å². The first-order valence-corrected chi connectivity index (χ1v) is 13.1. The molecule has 2 unspecified atom stereocenters. The Bertz CT molecular complexity index is 1460. The standard InChI is InChI=1S/C28H31FN8O2/c1-35(2)21-9-7-20(8-10-21)32-28(38)31-19-5-3-18(4-6-19)25-33-26(36-16-22-11-12-23(17-36)39-22)24-15-30-37(14-13-29)27(24)34-25/h3-10,15,22-23H,11-14,16-17H2,1-2H3,(H2,31,32,38). The second-order valence-electron chi connectivity index (χ2n) is 10.1. The van der Waals surface area contributed by atoms with Crippen LogP contribution in [0.3, 0.4) is 0 Å². The molecular weight excluding hydrogens is 499 g/mol. The minimum absolute atomic E-state index is 0.129. The number of nitrogens with zero attached hydrogens (tertiary/aromatic N) is 6. The van der Waals surface area contributed by atoms with Gasteiger partial charge in [-0.15, -0.1) is 0 Å². The zero-order chi connectivity index (χ0) is 26.9. The maximum atomic E-state index is 13.2. The number of carbonyl (C=O) groups is 1. The van der Waals surface area contributed by atoms with E-state index >= 15 is 0 Å². The lowest BCUT2D eigenvalue weighted by Crippen LogP contribution is -2.43. The molecule has 2 aromatic heterocycles. The van der Waals surface area contributed by atoms with Crippen LogP contribution in [0.1, 0.15) is 12.8 Å². The summed E-state index contributed by atoms with van der Waals surface area (Å²) in [6.07, 6.45) is 4.21. The number of amides is 2. The van der Waals surface area contributed by atoms with Crippen molar-refractivity contribution >= 4 is 39.9 Å². The topological polar surface area (TPSA) is 100 Å². The minimum atomic E-state index is -0.532. The van der Waals surface area contributed by atoms with Crippen LogP contribution in [0.2, 0.25) is 0 Å². The monoisotopic (exact) mass is 530 g/mol. The Hall–Kier alpha value is -4.25. The van der Waals surface area contributed by atoms with Crippen LogP contribution in [0.25, 0.3) is 22.4 Å². The van der Waals surface area contributed by atoms with Crippen LogP contribution in [-0.2, 0) is 11.3 Å². The number of halogens is 1. The summed E-state index contributed by atoms with van der Waals surface area (Å²) in [5, 5.41) is 10.9. The van der Waals surface area contributed by atoms with Crippen molar-refractivity contribution in [2.24, 2.45) is 0 Å². The van der Waals surface area contributed by atoms with Gasteiger partial charge in [-0.05, 0) is 61.4 Å². The normalized spacial score (nSPS) is 18.4. The molecule has 2 aromatic carbocycles. The minimum Gasteiger partial charge on any atom is -0.378 e. The van der Waals surface area contributed by atoms with Gasteiger partial charge >= 0.3 is 6.03 Å². The Morgan fingerprint density at radius 1 is 1.00 bits per heavy atom. The number of alkyl halides is 1. The molecule has 10 nitrogen and oxygen atoms in total. The Balaban J connectivity index is 1.23. The Kier molecular flexibility index (Phi) is 6.74. The number of anilines is 4. The van der Waals surface area contributed by atoms with E-state index < -0.39 is 6.67 Å². The maximum absolute atomic E-state index is 13.2. The molecule has 0 radical (unpaired) electrons. The van der Waals surface area contributed by atoms with Crippen molar-refractivity contribution in [3.05, 3.63) is 54.7 Å². The highest BCUT2D eigenvalue weighted by molar-refractivity contribution is 6.00. The summed E-state index contributed by atoms with van der Waals surface area (Å²) in [6, 6.07) is 14.6. The number of benzene rings is 2. The predicted octanol–water partition coefficient (Wildman–Crippen LogP) is 4.54. The summed E-state index contributed by atoms with van der Waals surface area (Å²) in [5.74, 6) is 1.32. The molecule has 11 heteroatoms. The summed E-state index contributed by atoms with van der Waals surface area (Å²) < 4.78 is 20.8. The summed E-state index contributed by atoms with van der Waals surface area (Å²) >= 11 is 0. The molecule has 2 N–H and O–H groups in total. The van der Waals surface area contributed by atoms with E-state index in [1.165, 1.54) is 0 Å². The van der Waals surface area contributed by atoms with E-state index in [9.17, 15) is 9.18 Å². The third-order valence-corrected chi connectivity index (χ3v) is 7.16. The van der Waals surface area contributed by atoms with Crippen molar-refractivity contribution in [1.29, 1.82) is 0 Å². The van der Waals surface area contributed by atoms with Gasteiger partial charge in [0.05, 0.1) is 30.3 Å². The number of morpholine rings is 1. The molecule has 4 heterocycles. The van der Waals surface area contributed by atoms with Crippen molar-refractivity contribution in [3.8, 4) is 11.4 Å². The fourth-order valence-corrected chi connectivity index (χ4v) is 5.18. The Morgan fingerprint density at radius 3 is 2.26 bits per heavy atom. The zero-order valence-corrected chi connectivity index (χ0v) is 22.0. The quantitative estimate of drug-likeness (QED) is 0.362. The van der Waals surface area contributed by atoms with E-state index in [1.54, 1.807) is 10.9 Å². The number of fused-ring (bicyclic) bond motifs is 3. The van der Waals surface area contributed by atoms with Crippen molar-refractivity contribution < 1.29 is 13.9 Å². The van der Waals surface area contributed by atoms with Crippen LogP contribution < -0.4 is 20.4 Å². The molecule has 0 aliphatic carbocycles. The first-order chi connectivity index (χ1) is 19.0. The van der Waals surface area contributed by atoms with Gasteiger partial charge in [0.1, 0.15) is 12.5 Å². The van der Waals surface area contributed by atoms with Gasteiger partial charge in [0.2, 0.25) is 0 Å². The molecular formula is C28H31FN8O2. The van der Waals surface area contributed by atoms with E-state index in [0.717, 1.165) is 48.4 Å². The van der Waals surface area contributed by atoms with Crippen molar-refractivity contribution in [2.45, 2.75) is 31.6 Å². The highest BCUT2D eigenvalue weighted by Crippen LogP contribution is 2.33. The fourth-order valence-electron chi connectivity index (χ4n) is 5.18. The Labute approximate surface area is 225 Å². The lowest BCUT2D eigenvalue weighted by atomic mass is 10.2. The summed E-state index contributed by atoms with van der Waals surface area (Å²) in [6.45, 7) is 1.11. The first-order valence-electron chi connectivity index (χ1n) is 13.1. The molecule has 2 aliphatic heterocycles. The SMILES string of the molecule is CN(C)c1ccc(NC(=O)Nc2ccc(-c3nc(N4CC5CCC(C4)O5)c4cnn(CCF)c4n3)cc2)cc1. The molecule has 2 atom stereocenters. The van der Waals surface area contributed by atoms with Gasteiger partial charge in [0, 0.05) is 49.8 Å². The number of rotatable bonds is 7. The molecule has 2 bridgehead atoms. The van der Waals surface area contributed by atoms with E-state index in [4.69, 9.17) is 14.7 Å². The van der Waals surface area contributed by atoms with E-state index in [0.29, 0.717) is 22.8 Å². The van der Waals surface area contributed by atoms with Gasteiger partial charge in [-0.1, -0.05) is 0 Å². The number of hydrogen-bond acceptors (Lipinski definition) is 7. The molecule has 4 aromatic rings. The molecule has 2 saturated heterocycles. The molecule has 39 heavy (non-hydrogen) atoms. The zero-order valence-electron chi connectivity index (χ0n) is 22.0. The van der Waals surface area contributed by atoms with Crippen molar-refractivity contribution in [3.63, 3.8) is 0 Å². The third kappa shape index (κ3) is 5.22. The van der Waals surface area contributed by atoms with Gasteiger partial charge in [-0.2, -0.15) is 5.10 Å². The third-order valence-electron chi connectivity index (χ3n) is 7.16. The highest BCUT2D eigenvalue weighted by atomic mass is 19.1. The van der Waals surface area contributed by atoms with Crippen LogP contribution >= 0.6 is 0 Å². The average Bonchev–Trinajstić information content (AvgIpc) is 3.50. The number of aromatic nitrogens is 4. The molecule has 2 fully saturated rings. The van der Waals surface area contributed by atoms with Gasteiger partial charge in [-0.25, -0.2) is 23.8 Å². The van der Waals surface area contributed by atoms with E-state index in [2.05, 4.69) is 20.6 Å². The van der Waals surface area contributed by atoms with E-state index in [-0.39, 0.29) is 24.8 Å². The van der Waals surface area contributed by atoms with Crippen LogP contribution in [0.4, 0.5) is 32.1 Å². The second kappa shape index (κ2) is 10.5. The smallest absolute Gasteiger partial charge is 0.323 e. The van der Waals surface area contributed by atoms with E-state index in [1.807, 2.05) is 67.5 Å². The number of ether oxygens (including phenoxy) is 1. The molecule has 0 saturated carbocycles. The number of hydrogen-bond donors (Lipinski definition) is 2. The van der Waals surface area contributed by atoms with Crippen LogP contribution in [-0.4, -0.2) is 71.8 Å². The lowest BCUT2D eigenvalue weighted by molar-refractivity contribution is 0.0303. The van der Waals surface area contributed by atoms with Gasteiger partial charge in [0.15, 0.2) is 11.5 Å². The Morgan fingerprint density at radius 2 is 1.64 bits per heavy atom. The first kappa shape index (κ1) is 25.1. The average molecular weight is 531 g/mol. The van der Waals surface area contributed by atoms with Crippen molar-refractivity contribution in [2.75, 3.05) is 54.3 Å². The second-order valence-corrected chi connectivity index (χ2v) is 10.1.